The molecule has 0 bridgehead atoms. The molecule has 1 aromatic rings. The van der Waals surface area contributed by atoms with Crippen LogP contribution in [0.2, 0.25) is 0 Å². The van der Waals surface area contributed by atoms with Crippen LogP contribution in [0, 0.1) is 0 Å². The minimum Gasteiger partial charge on any atom is -0.452 e. The van der Waals surface area contributed by atoms with Crippen LogP contribution in [0.15, 0.2) is 23.1 Å². The number of esters is 1. The Morgan fingerprint density at radius 1 is 1.33 bits per heavy atom. The molecule has 1 aliphatic rings. The molecule has 0 spiro atoms. The third-order valence-corrected chi connectivity index (χ3v) is 4.08. The van der Waals surface area contributed by atoms with E-state index < -0.39 is 24.5 Å². The molecule has 0 unspecified atom stereocenters. The van der Waals surface area contributed by atoms with E-state index in [1.54, 1.807) is 19.1 Å². The Bertz CT molecular complexity index is 677. The first kappa shape index (κ1) is 17.8. The number of ether oxygens (including phenoxy) is 1. The molecule has 0 radical (unpaired) electrons. The minimum absolute atomic E-state index is 0.118. The highest BCUT2D eigenvalue weighted by molar-refractivity contribution is 7.99. The fourth-order valence-corrected chi connectivity index (χ4v) is 2.87. The van der Waals surface area contributed by atoms with E-state index in [1.807, 2.05) is 5.32 Å². The lowest BCUT2D eigenvalue weighted by molar-refractivity contribution is -0.123. The molecule has 0 aromatic heterocycles. The summed E-state index contributed by atoms with van der Waals surface area (Å²) in [5.74, 6) is -0.892. The molecular weight excluding hydrogens is 334 g/mol. The first-order chi connectivity index (χ1) is 11.5. The topological polar surface area (TPSA) is 114 Å². The average molecular weight is 351 g/mol. The second-order valence-corrected chi connectivity index (χ2v) is 5.98. The van der Waals surface area contributed by atoms with Gasteiger partial charge < -0.3 is 15.4 Å². The van der Waals surface area contributed by atoms with Gasteiger partial charge in [0.05, 0.1) is 11.3 Å². The third-order valence-electron chi connectivity index (χ3n) is 3.00. The van der Waals surface area contributed by atoms with Gasteiger partial charge in [-0.05, 0) is 25.1 Å². The number of thioether (sulfide) groups is 1. The molecule has 3 N–H and O–H groups in total. The van der Waals surface area contributed by atoms with Crippen molar-refractivity contribution in [2.75, 3.05) is 24.2 Å². The lowest BCUT2D eigenvalue weighted by Crippen LogP contribution is -2.41. The zero-order chi connectivity index (χ0) is 17.5. The maximum absolute atomic E-state index is 12.0. The van der Waals surface area contributed by atoms with E-state index in [4.69, 9.17) is 4.74 Å². The Morgan fingerprint density at radius 2 is 2.12 bits per heavy atom. The summed E-state index contributed by atoms with van der Waals surface area (Å²) in [6.45, 7) is 1.51. The first-order valence-corrected chi connectivity index (χ1v) is 8.29. The van der Waals surface area contributed by atoms with Gasteiger partial charge in [-0.1, -0.05) is 0 Å². The van der Waals surface area contributed by atoms with Crippen molar-refractivity contribution in [2.24, 2.45) is 0 Å². The number of nitrogens with one attached hydrogen (secondary N) is 3. The highest BCUT2D eigenvalue weighted by Gasteiger charge is 2.17. The van der Waals surface area contributed by atoms with Gasteiger partial charge in [0.25, 0.3) is 5.91 Å². The predicted molar refractivity (Wildman–Crippen MR) is 87.9 cm³/mol. The summed E-state index contributed by atoms with van der Waals surface area (Å²) >= 11 is 1.52. The maximum atomic E-state index is 12.0. The van der Waals surface area contributed by atoms with E-state index >= 15 is 0 Å². The molecule has 1 aliphatic heterocycles. The first-order valence-electron chi connectivity index (χ1n) is 7.31. The zero-order valence-electron chi connectivity index (χ0n) is 13.0. The molecule has 1 heterocycles. The number of carbonyl (C=O) groups excluding carboxylic acids is 4. The standard InChI is InChI=1S/C15H17N3O5S/c1-2-16-15(22)18-13(20)8-23-14(21)9-3-4-11-10(7-9)17-12(19)5-6-24-11/h3-4,7H,2,5-6,8H2,1H3,(H,17,19)(H2,16,18,20,22). The van der Waals surface area contributed by atoms with Crippen LogP contribution in [0.3, 0.4) is 0 Å². The smallest absolute Gasteiger partial charge is 0.338 e. The molecule has 0 fully saturated rings. The second kappa shape index (κ2) is 8.34. The molecular formula is C15H17N3O5S. The largest absolute Gasteiger partial charge is 0.452 e. The summed E-state index contributed by atoms with van der Waals surface area (Å²) in [5, 5.41) is 7.13. The molecule has 8 nitrogen and oxygen atoms in total. The van der Waals surface area contributed by atoms with Crippen molar-refractivity contribution < 1.29 is 23.9 Å². The number of rotatable bonds is 4. The van der Waals surface area contributed by atoms with Crippen LogP contribution in [0.25, 0.3) is 0 Å². The summed E-state index contributed by atoms with van der Waals surface area (Å²) in [5.41, 5.74) is 0.756. The van der Waals surface area contributed by atoms with E-state index in [1.165, 1.54) is 17.8 Å². The maximum Gasteiger partial charge on any atom is 0.338 e. The van der Waals surface area contributed by atoms with E-state index in [-0.39, 0.29) is 11.5 Å². The van der Waals surface area contributed by atoms with Gasteiger partial charge in [-0.3, -0.25) is 14.9 Å². The lowest BCUT2D eigenvalue weighted by Gasteiger charge is -2.09. The Labute approximate surface area is 142 Å². The van der Waals surface area contributed by atoms with Crippen LogP contribution in [-0.4, -0.2) is 42.7 Å². The van der Waals surface area contributed by atoms with E-state index in [0.717, 1.165) is 4.90 Å². The molecule has 9 heteroatoms. The normalized spacial score (nSPS) is 13.1. The van der Waals surface area contributed by atoms with Crippen molar-refractivity contribution in [1.82, 2.24) is 10.6 Å². The molecule has 2 rings (SSSR count). The molecule has 128 valence electrons. The van der Waals surface area contributed by atoms with Crippen molar-refractivity contribution in [3.05, 3.63) is 23.8 Å². The van der Waals surface area contributed by atoms with Gasteiger partial charge in [0, 0.05) is 23.6 Å². The van der Waals surface area contributed by atoms with Crippen molar-refractivity contribution in [3.63, 3.8) is 0 Å². The zero-order valence-corrected chi connectivity index (χ0v) is 13.8. The van der Waals surface area contributed by atoms with Crippen LogP contribution >= 0.6 is 11.8 Å². The highest BCUT2D eigenvalue weighted by Crippen LogP contribution is 2.31. The Kier molecular flexibility index (Phi) is 6.19. The lowest BCUT2D eigenvalue weighted by atomic mass is 10.2. The average Bonchev–Trinajstić information content (AvgIpc) is 2.72. The fourth-order valence-electron chi connectivity index (χ4n) is 1.93. The summed E-state index contributed by atoms with van der Waals surface area (Å²) in [6, 6.07) is 4.14. The van der Waals surface area contributed by atoms with Crippen molar-refractivity contribution in [1.29, 1.82) is 0 Å². The minimum atomic E-state index is -0.729. The Morgan fingerprint density at radius 3 is 2.88 bits per heavy atom. The Hall–Kier alpha value is -2.55. The number of fused-ring (bicyclic) bond motifs is 1. The number of urea groups is 1. The summed E-state index contributed by atoms with van der Waals surface area (Å²) < 4.78 is 4.87. The monoisotopic (exact) mass is 351 g/mol. The Balaban J connectivity index is 1.94. The van der Waals surface area contributed by atoms with Crippen LogP contribution in [0.5, 0.6) is 0 Å². The summed E-state index contributed by atoms with van der Waals surface area (Å²) in [4.78, 5) is 47.1. The van der Waals surface area contributed by atoms with Gasteiger partial charge in [0.15, 0.2) is 6.61 Å². The number of anilines is 1. The molecule has 0 aliphatic carbocycles. The van der Waals surface area contributed by atoms with Crippen molar-refractivity contribution in [2.45, 2.75) is 18.2 Å². The van der Waals surface area contributed by atoms with Gasteiger partial charge in [0.2, 0.25) is 5.91 Å². The third kappa shape index (κ3) is 4.98. The van der Waals surface area contributed by atoms with Gasteiger partial charge in [-0.2, -0.15) is 0 Å². The fraction of sp³-hybridized carbons (Fsp3) is 0.333. The van der Waals surface area contributed by atoms with E-state index in [2.05, 4.69) is 10.6 Å². The van der Waals surface area contributed by atoms with Crippen LogP contribution in [0.1, 0.15) is 23.7 Å². The highest BCUT2D eigenvalue weighted by atomic mass is 32.2. The van der Waals surface area contributed by atoms with E-state index in [0.29, 0.717) is 24.4 Å². The second-order valence-electron chi connectivity index (χ2n) is 4.84. The molecule has 0 saturated carbocycles. The SMILES string of the molecule is CCNC(=O)NC(=O)COC(=O)c1ccc2c(c1)NC(=O)CCS2. The summed E-state index contributed by atoms with van der Waals surface area (Å²) in [7, 11) is 0. The molecule has 4 amide bonds. The van der Waals surface area contributed by atoms with Gasteiger partial charge in [-0.25, -0.2) is 9.59 Å². The quantitative estimate of drug-likeness (QED) is 0.701. The van der Waals surface area contributed by atoms with Gasteiger partial charge in [-0.15, -0.1) is 11.8 Å². The number of imide groups is 1. The van der Waals surface area contributed by atoms with E-state index in [9.17, 15) is 19.2 Å². The van der Waals surface area contributed by atoms with Gasteiger partial charge in [0.1, 0.15) is 0 Å². The molecule has 1 aromatic carbocycles. The molecule has 0 saturated heterocycles. The molecule has 24 heavy (non-hydrogen) atoms. The van der Waals surface area contributed by atoms with Gasteiger partial charge >= 0.3 is 12.0 Å². The predicted octanol–water partition coefficient (Wildman–Crippen LogP) is 1.12. The molecule has 0 atom stereocenters. The van der Waals surface area contributed by atoms with Crippen molar-refractivity contribution in [3.8, 4) is 0 Å². The number of hydrogen-bond donors (Lipinski definition) is 3. The number of carbonyl (C=O) groups is 4. The van der Waals surface area contributed by atoms with Crippen LogP contribution < -0.4 is 16.0 Å². The van der Waals surface area contributed by atoms with Crippen LogP contribution in [-0.2, 0) is 14.3 Å². The number of benzene rings is 1. The number of amides is 4. The summed E-state index contributed by atoms with van der Waals surface area (Å²) in [6.07, 6.45) is 0.402. The van der Waals surface area contributed by atoms with Crippen molar-refractivity contribution >= 4 is 41.3 Å². The van der Waals surface area contributed by atoms with Crippen LogP contribution in [0.4, 0.5) is 10.5 Å². The number of hydrogen-bond acceptors (Lipinski definition) is 6.